The summed E-state index contributed by atoms with van der Waals surface area (Å²) in [6, 6.07) is 20.9. The molecule has 0 aromatic heterocycles. The standard InChI is InChI=1S/C24H32N2/c1-3-4-7-16-23(25)24(26)22(21-14-10-6-11-15-21)18-17-19(2)20-12-8-5-9-13-20/h5-6,8-15,19,22,25-26H,3-4,7,16-18H2,1-2H3. The van der Waals surface area contributed by atoms with E-state index in [4.69, 9.17) is 10.8 Å². The summed E-state index contributed by atoms with van der Waals surface area (Å²) in [5.41, 5.74) is 3.54. The second-order valence-corrected chi connectivity index (χ2v) is 7.20. The summed E-state index contributed by atoms with van der Waals surface area (Å²) in [5.74, 6) is 0.487. The van der Waals surface area contributed by atoms with Crippen molar-refractivity contribution in [3.8, 4) is 0 Å². The molecule has 26 heavy (non-hydrogen) atoms. The van der Waals surface area contributed by atoms with Crippen molar-refractivity contribution in [1.82, 2.24) is 0 Å². The molecule has 2 heteroatoms. The second-order valence-electron chi connectivity index (χ2n) is 7.20. The molecule has 0 amide bonds. The lowest BCUT2D eigenvalue weighted by atomic mass is 9.83. The van der Waals surface area contributed by atoms with Crippen LogP contribution in [-0.4, -0.2) is 11.4 Å². The van der Waals surface area contributed by atoms with Gasteiger partial charge in [-0.1, -0.05) is 87.4 Å². The number of hydrogen-bond acceptors (Lipinski definition) is 2. The van der Waals surface area contributed by atoms with Gasteiger partial charge in [0.1, 0.15) is 0 Å². The maximum atomic E-state index is 8.65. The Morgan fingerprint density at radius 1 is 0.808 bits per heavy atom. The minimum Gasteiger partial charge on any atom is -0.303 e. The van der Waals surface area contributed by atoms with Crippen molar-refractivity contribution in [2.75, 3.05) is 0 Å². The summed E-state index contributed by atoms with van der Waals surface area (Å²) in [7, 11) is 0. The molecular formula is C24H32N2. The van der Waals surface area contributed by atoms with Crippen molar-refractivity contribution in [2.24, 2.45) is 0 Å². The number of benzene rings is 2. The van der Waals surface area contributed by atoms with Crippen LogP contribution in [0.15, 0.2) is 60.7 Å². The zero-order valence-corrected chi connectivity index (χ0v) is 16.2. The molecule has 0 fully saturated rings. The number of unbranched alkanes of at least 4 members (excludes halogenated alkanes) is 2. The summed E-state index contributed by atoms with van der Waals surface area (Å²) < 4.78 is 0. The highest BCUT2D eigenvalue weighted by atomic mass is 14.5. The average molecular weight is 349 g/mol. The zero-order chi connectivity index (χ0) is 18.8. The van der Waals surface area contributed by atoms with Crippen LogP contribution in [0.25, 0.3) is 0 Å². The van der Waals surface area contributed by atoms with Gasteiger partial charge in [0.05, 0.1) is 11.4 Å². The normalized spacial score (nSPS) is 13.2. The van der Waals surface area contributed by atoms with Crippen molar-refractivity contribution in [3.63, 3.8) is 0 Å². The lowest BCUT2D eigenvalue weighted by molar-refractivity contribution is 0.613. The fourth-order valence-corrected chi connectivity index (χ4v) is 3.42. The zero-order valence-electron chi connectivity index (χ0n) is 16.2. The highest BCUT2D eigenvalue weighted by molar-refractivity contribution is 6.41. The molecule has 0 aliphatic carbocycles. The molecule has 0 radical (unpaired) electrons. The van der Waals surface area contributed by atoms with Gasteiger partial charge in [-0.15, -0.1) is 0 Å². The highest BCUT2D eigenvalue weighted by Gasteiger charge is 2.21. The Hall–Kier alpha value is -2.22. The molecule has 0 saturated carbocycles. The monoisotopic (exact) mass is 348 g/mol. The summed E-state index contributed by atoms with van der Waals surface area (Å²) in [5, 5.41) is 17.0. The van der Waals surface area contributed by atoms with Gasteiger partial charge in [-0.25, -0.2) is 0 Å². The van der Waals surface area contributed by atoms with E-state index in [1.165, 1.54) is 5.56 Å². The van der Waals surface area contributed by atoms with Crippen LogP contribution in [0.2, 0.25) is 0 Å². The Bertz CT molecular complexity index is 676. The molecule has 2 aromatic carbocycles. The minimum absolute atomic E-state index is 0.0245. The van der Waals surface area contributed by atoms with E-state index >= 15 is 0 Å². The molecule has 2 unspecified atom stereocenters. The van der Waals surface area contributed by atoms with Gasteiger partial charge in [-0.05, 0) is 42.7 Å². The van der Waals surface area contributed by atoms with Gasteiger partial charge in [0, 0.05) is 5.92 Å². The van der Waals surface area contributed by atoms with Crippen molar-refractivity contribution in [2.45, 2.75) is 64.2 Å². The second kappa shape index (κ2) is 10.7. The largest absolute Gasteiger partial charge is 0.303 e. The van der Waals surface area contributed by atoms with Crippen molar-refractivity contribution in [1.29, 1.82) is 10.8 Å². The van der Waals surface area contributed by atoms with Crippen LogP contribution in [0, 0.1) is 10.8 Å². The van der Waals surface area contributed by atoms with Crippen LogP contribution in [0.5, 0.6) is 0 Å². The van der Waals surface area contributed by atoms with E-state index < -0.39 is 0 Å². The maximum absolute atomic E-state index is 8.65. The Kier molecular flexibility index (Phi) is 8.27. The Labute approximate surface area is 158 Å². The fourth-order valence-electron chi connectivity index (χ4n) is 3.42. The first-order valence-corrected chi connectivity index (χ1v) is 9.89. The number of nitrogens with one attached hydrogen (secondary N) is 2. The average Bonchev–Trinajstić information content (AvgIpc) is 2.69. The highest BCUT2D eigenvalue weighted by Crippen LogP contribution is 2.29. The number of hydrogen-bond donors (Lipinski definition) is 2. The summed E-state index contributed by atoms with van der Waals surface area (Å²) >= 11 is 0. The fraction of sp³-hybridized carbons (Fsp3) is 0.417. The van der Waals surface area contributed by atoms with Crippen LogP contribution < -0.4 is 0 Å². The molecule has 2 rings (SSSR count). The Morgan fingerprint density at radius 2 is 1.38 bits per heavy atom. The van der Waals surface area contributed by atoms with E-state index in [2.05, 4.69) is 56.3 Å². The van der Waals surface area contributed by atoms with Crippen molar-refractivity contribution < 1.29 is 0 Å². The van der Waals surface area contributed by atoms with Crippen LogP contribution in [0.1, 0.15) is 75.3 Å². The van der Waals surface area contributed by atoms with Gasteiger partial charge < -0.3 is 10.8 Å². The summed E-state index contributed by atoms with van der Waals surface area (Å²) in [6.07, 6.45) is 5.96. The van der Waals surface area contributed by atoms with E-state index in [0.717, 1.165) is 44.1 Å². The van der Waals surface area contributed by atoms with Gasteiger partial charge in [0.25, 0.3) is 0 Å². The Morgan fingerprint density at radius 3 is 1.96 bits per heavy atom. The van der Waals surface area contributed by atoms with E-state index in [9.17, 15) is 0 Å². The lowest BCUT2D eigenvalue weighted by Gasteiger charge is -2.21. The molecule has 0 aliphatic heterocycles. The van der Waals surface area contributed by atoms with E-state index in [0.29, 0.717) is 17.3 Å². The first-order chi connectivity index (χ1) is 12.6. The van der Waals surface area contributed by atoms with Gasteiger partial charge in [0.2, 0.25) is 0 Å². The van der Waals surface area contributed by atoms with Crippen molar-refractivity contribution in [3.05, 3.63) is 71.8 Å². The molecule has 138 valence electrons. The molecule has 0 saturated heterocycles. The SMILES string of the molecule is CCCCCC(=N)C(=N)C(CCC(C)c1ccccc1)c1ccccc1. The topological polar surface area (TPSA) is 47.7 Å². The third kappa shape index (κ3) is 5.94. The van der Waals surface area contributed by atoms with E-state index in [1.807, 2.05) is 18.2 Å². The number of rotatable bonds is 11. The van der Waals surface area contributed by atoms with Crippen LogP contribution in [0.3, 0.4) is 0 Å². The maximum Gasteiger partial charge on any atom is 0.0596 e. The molecule has 2 nitrogen and oxygen atoms in total. The smallest absolute Gasteiger partial charge is 0.0596 e. The molecule has 0 heterocycles. The summed E-state index contributed by atoms with van der Waals surface area (Å²) in [6.45, 7) is 4.43. The summed E-state index contributed by atoms with van der Waals surface area (Å²) in [4.78, 5) is 0. The van der Waals surface area contributed by atoms with Gasteiger partial charge in [-0.3, -0.25) is 0 Å². The molecule has 0 aliphatic rings. The molecule has 0 bridgehead atoms. The van der Waals surface area contributed by atoms with Crippen LogP contribution >= 0.6 is 0 Å². The quantitative estimate of drug-likeness (QED) is 0.325. The van der Waals surface area contributed by atoms with E-state index in [-0.39, 0.29) is 5.92 Å². The lowest BCUT2D eigenvalue weighted by Crippen LogP contribution is -2.21. The first kappa shape index (κ1) is 20.1. The van der Waals surface area contributed by atoms with Crippen molar-refractivity contribution >= 4 is 11.4 Å². The predicted molar refractivity (Wildman–Crippen MR) is 113 cm³/mol. The van der Waals surface area contributed by atoms with E-state index in [1.54, 1.807) is 0 Å². The molecule has 2 atom stereocenters. The Balaban J connectivity index is 2.07. The van der Waals surface area contributed by atoms with Crippen LogP contribution in [0.4, 0.5) is 0 Å². The molecule has 2 N–H and O–H groups in total. The van der Waals surface area contributed by atoms with Gasteiger partial charge >= 0.3 is 0 Å². The molecular weight excluding hydrogens is 316 g/mol. The van der Waals surface area contributed by atoms with Gasteiger partial charge in [-0.2, -0.15) is 0 Å². The van der Waals surface area contributed by atoms with Gasteiger partial charge in [0.15, 0.2) is 0 Å². The third-order valence-electron chi connectivity index (χ3n) is 5.16. The molecule has 0 spiro atoms. The first-order valence-electron chi connectivity index (χ1n) is 9.89. The molecule has 2 aromatic rings. The predicted octanol–water partition coefficient (Wildman–Crippen LogP) is 6.97. The minimum atomic E-state index is 0.0245. The third-order valence-corrected chi connectivity index (χ3v) is 5.16. The van der Waals surface area contributed by atoms with Crippen LogP contribution in [-0.2, 0) is 0 Å².